The second-order valence-electron chi connectivity index (χ2n) is 6.33. The molecule has 1 aromatic heterocycles. The number of nitrogens with one attached hydrogen (secondary N) is 3. The highest BCUT2D eigenvalue weighted by atomic mass is 35.5. The molecule has 160 valence electrons. The van der Waals surface area contributed by atoms with Crippen LogP contribution >= 0.6 is 12.4 Å². The van der Waals surface area contributed by atoms with Gasteiger partial charge in [-0.1, -0.05) is 37.3 Å². The number of hydrogen-bond acceptors (Lipinski definition) is 6. The van der Waals surface area contributed by atoms with E-state index in [1.165, 1.54) is 4.57 Å². The van der Waals surface area contributed by atoms with E-state index in [-0.39, 0.29) is 30.5 Å². The Morgan fingerprint density at radius 3 is 2.59 bits per heavy atom. The molecule has 0 aliphatic carbocycles. The maximum atomic E-state index is 12.5. The molecule has 2 aromatic rings. The molecular formula is C19H28ClN5O4. The van der Waals surface area contributed by atoms with Gasteiger partial charge in [-0.25, -0.2) is 4.79 Å². The molecular weight excluding hydrogens is 398 g/mol. The molecule has 1 amide bonds. The second kappa shape index (κ2) is 12.1. The van der Waals surface area contributed by atoms with Gasteiger partial charge in [-0.15, -0.1) is 12.4 Å². The topological polar surface area (TPSA) is 131 Å². The van der Waals surface area contributed by atoms with Crippen molar-refractivity contribution in [2.24, 2.45) is 5.73 Å². The number of hydrogen-bond donors (Lipinski definition) is 4. The first-order valence-electron chi connectivity index (χ1n) is 9.18. The monoisotopic (exact) mass is 425 g/mol. The van der Waals surface area contributed by atoms with Crippen LogP contribution in [-0.4, -0.2) is 41.8 Å². The normalized spacial score (nSPS) is 11.4. The number of ether oxygens (including phenoxy) is 1. The van der Waals surface area contributed by atoms with Crippen LogP contribution in [0.25, 0.3) is 0 Å². The number of rotatable bonds is 10. The van der Waals surface area contributed by atoms with Crippen molar-refractivity contribution in [3.63, 3.8) is 0 Å². The highest BCUT2D eigenvalue weighted by molar-refractivity contribution is 5.96. The summed E-state index contributed by atoms with van der Waals surface area (Å²) in [6.07, 6.45) is 1.07. The summed E-state index contributed by atoms with van der Waals surface area (Å²) < 4.78 is 6.32. The van der Waals surface area contributed by atoms with Crippen molar-refractivity contribution in [3.05, 3.63) is 56.7 Å². The molecule has 0 saturated carbocycles. The Bertz CT molecular complexity index is 898. The summed E-state index contributed by atoms with van der Waals surface area (Å²) in [7, 11) is 1.59. The molecule has 0 radical (unpaired) electrons. The number of halogens is 1. The van der Waals surface area contributed by atoms with Crippen LogP contribution in [0.4, 0.5) is 11.5 Å². The van der Waals surface area contributed by atoms with E-state index in [4.69, 9.17) is 10.5 Å². The van der Waals surface area contributed by atoms with E-state index in [2.05, 4.69) is 15.6 Å². The summed E-state index contributed by atoms with van der Waals surface area (Å²) in [5.74, 6) is -0.363. The van der Waals surface area contributed by atoms with Gasteiger partial charge in [0, 0.05) is 20.3 Å². The van der Waals surface area contributed by atoms with E-state index in [0.717, 1.165) is 5.56 Å². The molecule has 1 atom stereocenters. The quantitative estimate of drug-likeness (QED) is 0.422. The van der Waals surface area contributed by atoms with Crippen LogP contribution in [0.5, 0.6) is 0 Å². The largest absolute Gasteiger partial charge is 0.385 e. The van der Waals surface area contributed by atoms with Crippen LogP contribution in [-0.2, 0) is 16.1 Å². The Morgan fingerprint density at radius 1 is 1.28 bits per heavy atom. The lowest BCUT2D eigenvalue weighted by atomic mass is 10.2. The summed E-state index contributed by atoms with van der Waals surface area (Å²) in [5.41, 5.74) is 5.55. The fourth-order valence-corrected chi connectivity index (χ4v) is 2.61. The molecule has 0 fully saturated rings. The highest BCUT2D eigenvalue weighted by Gasteiger charge is 2.20. The lowest BCUT2D eigenvalue weighted by molar-refractivity contribution is -0.117. The van der Waals surface area contributed by atoms with Crippen molar-refractivity contribution in [1.29, 1.82) is 0 Å². The number of anilines is 2. The third kappa shape index (κ3) is 6.74. The van der Waals surface area contributed by atoms with E-state index < -0.39 is 23.2 Å². The number of nitrogens with two attached hydrogens (primary N) is 1. The van der Waals surface area contributed by atoms with Gasteiger partial charge in [-0.3, -0.25) is 19.1 Å². The van der Waals surface area contributed by atoms with Crippen LogP contribution in [0.2, 0.25) is 0 Å². The summed E-state index contributed by atoms with van der Waals surface area (Å²) in [6.45, 7) is 2.91. The van der Waals surface area contributed by atoms with Crippen LogP contribution in [0.3, 0.4) is 0 Å². The second-order valence-corrected chi connectivity index (χ2v) is 6.33. The lowest BCUT2D eigenvalue weighted by Gasteiger charge is -2.19. The van der Waals surface area contributed by atoms with Crippen molar-refractivity contribution in [2.45, 2.75) is 32.4 Å². The van der Waals surface area contributed by atoms with Gasteiger partial charge in [-0.05, 0) is 18.4 Å². The molecule has 29 heavy (non-hydrogen) atoms. The molecule has 0 unspecified atom stereocenters. The number of aromatic nitrogens is 2. The Hall–Kier alpha value is -2.62. The van der Waals surface area contributed by atoms with Gasteiger partial charge < -0.3 is 21.1 Å². The number of carbonyl (C=O) groups is 1. The van der Waals surface area contributed by atoms with Crippen LogP contribution in [0.15, 0.2) is 39.9 Å². The fourth-order valence-electron chi connectivity index (χ4n) is 2.61. The van der Waals surface area contributed by atoms with Crippen molar-refractivity contribution in [3.8, 4) is 0 Å². The maximum Gasteiger partial charge on any atom is 0.330 e. The van der Waals surface area contributed by atoms with Crippen molar-refractivity contribution >= 4 is 29.8 Å². The molecule has 9 nitrogen and oxygen atoms in total. The van der Waals surface area contributed by atoms with Gasteiger partial charge in [-0.2, -0.15) is 0 Å². The number of nitrogens with zero attached hydrogens (tertiary/aromatic N) is 1. The molecule has 1 heterocycles. The number of H-pyrrole nitrogens is 1. The number of aromatic amines is 1. The SMILES string of the molecule is CC[C@H](N)C(=O)Nc1c(NCCCOC)c(=O)[nH]c(=O)n1Cc1ccccc1.Cl. The predicted octanol–water partition coefficient (Wildman–Crippen LogP) is 1.13. The molecule has 5 N–H and O–H groups in total. The third-order valence-electron chi connectivity index (χ3n) is 4.23. The number of carbonyl (C=O) groups excluding carboxylic acids is 1. The summed E-state index contributed by atoms with van der Waals surface area (Å²) in [6, 6.07) is 8.52. The van der Waals surface area contributed by atoms with Gasteiger partial charge >= 0.3 is 5.69 Å². The smallest absolute Gasteiger partial charge is 0.330 e. The molecule has 0 aliphatic rings. The van der Waals surface area contributed by atoms with Crippen LogP contribution < -0.4 is 27.6 Å². The number of amides is 1. The van der Waals surface area contributed by atoms with Crippen molar-refractivity contribution < 1.29 is 9.53 Å². The molecule has 1 aromatic carbocycles. The molecule has 2 rings (SSSR count). The first kappa shape index (κ1) is 24.4. The minimum absolute atomic E-state index is 0. The first-order valence-corrected chi connectivity index (χ1v) is 9.18. The fraction of sp³-hybridized carbons (Fsp3) is 0.421. The van der Waals surface area contributed by atoms with E-state index in [1.54, 1.807) is 14.0 Å². The van der Waals surface area contributed by atoms with Gasteiger partial charge in [0.05, 0.1) is 12.6 Å². The molecule has 0 spiro atoms. The summed E-state index contributed by atoms with van der Waals surface area (Å²) in [4.78, 5) is 39.6. The van der Waals surface area contributed by atoms with E-state index in [1.807, 2.05) is 30.3 Å². The van der Waals surface area contributed by atoms with E-state index in [9.17, 15) is 14.4 Å². The minimum Gasteiger partial charge on any atom is -0.385 e. The Morgan fingerprint density at radius 2 is 1.97 bits per heavy atom. The average Bonchev–Trinajstić information content (AvgIpc) is 2.69. The minimum atomic E-state index is -0.749. The standard InChI is InChI=1S/C19H27N5O4.ClH/c1-3-14(20)17(25)22-16-15(21-10-7-11-28-2)18(26)23-19(27)24(16)12-13-8-5-4-6-9-13;/h4-6,8-9,14,21H,3,7,10-12,20H2,1-2H3,(H,22,25)(H,23,26,27);1H/t14-;/m0./s1. The third-order valence-corrected chi connectivity index (χ3v) is 4.23. The zero-order valence-electron chi connectivity index (χ0n) is 16.6. The number of benzene rings is 1. The zero-order valence-corrected chi connectivity index (χ0v) is 17.4. The molecule has 10 heteroatoms. The lowest BCUT2D eigenvalue weighted by Crippen LogP contribution is -2.40. The van der Waals surface area contributed by atoms with E-state index in [0.29, 0.717) is 26.0 Å². The van der Waals surface area contributed by atoms with E-state index >= 15 is 0 Å². The Kier molecular flexibility index (Phi) is 10.1. The molecule has 0 saturated heterocycles. The Labute approximate surface area is 175 Å². The van der Waals surface area contributed by atoms with Crippen LogP contribution in [0, 0.1) is 0 Å². The Balaban J connectivity index is 0.00000420. The highest BCUT2D eigenvalue weighted by Crippen LogP contribution is 2.17. The summed E-state index contributed by atoms with van der Waals surface area (Å²) in [5, 5.41) is 5.65. The predicted molar refractivity (Wildman–Crippen MR) is 116 cm³/mol. The van der Waals surface area contributed by atoms with Crippen molar-refractivity contribution in [2.75, 3.05) is 30.9 Å². The maximum absolute atomic E-state index is 12.5. The van der Waals surface area contributed by atoms with Gasteiger partial charge in [0.15, 0.2) is 0 Å². The summed E-state index contributed by atoms with van der Waals surface area (Å²) >= 11 is 0. The van der Waals surface area contributed by atoms with Gasteiger partial charge in [0.1, 0.15) is 11.5 Å². The molecule has 0 bridgehead atoms. The average molecular weight is 426 g/mol. The number of methoxy groups -OCH3 is 1. The van der Waals surface area contributed by atoms with Gasteiger partial charge in [0.2, 0.25) is 5.91 Å². The molecule has 0 aliphatic heterocycles. The van der Waals surface area contributed by atoms with Crippen molar-refractivity contribution in [1.82, 2.24) is 9.55 Å². The first-order chi connectivity index (χ1) is 13.5. The zero-order chi connectivity index (χ0) is 20.5. The van der Waals surface area contributed by atoms with Gasteiger partial charge in [0.25, 0.3) is 5.56 Å². The van der Waals surface area contributed by atoms with Crippen LogP contribution in [0.1, 0.15) is 25.3 Å².